The molecule has 0 radical (unpaired) electrons. The van der Waals surface area contributed by atoms with E-state index in [0.29, 0.717) is 22.3 Å². The van der Waals surface area contributed by atoms with E-state index in [2.05, 4.69) is 30.3 Å². The summed E-state index contributed by atoms with van der Waals surface area (Å²) in [6.07, 6.45) is 0. The van der Waals surface area contributed by atoms with E-state index in [9.17, 15) is 0 Å². The molecule has 0 aliphatic carbocycles. The van der Waals surface area contributed by atoms with Crippen LogP contribution in [0.5, 0.6) is 0 Å². The summed E-state index contributed by atoms with van der Waals surface area (Å²) < 4.78 is 89.4. The van der Waals surface area contributed by atoms with E-state index in [0.717, 1.165) is 54.6 Å². The van der Waals surface area contributed by atoms with Gasteiger partial charge in [-0.2, -0.15) is 0 Å². The van der Waals surface area contributed by atoms with Gasteiger partial charge in [0.25, 0.3) is 0 Å². The summed E-state index contributed by atoms with van der Waals surface area (Å²) in [5, 5.41) is 5.64. The van der Waals surface area contributed by atoms with Crippen molar-refractivity contribution in [2.45, 2.75) is 0 Å². The first-order valence-electron chi connectivity index (χ1n) is 19.6. The molecule has 1 heterocycles. The highest BCUT2D eigenvalue weighted by molar-refractivity contribution is 6.22. The summed E-state index contributed by atoms with van der Waals surface area (Å²) in [5.41, 5.74) is 6.13. The topological polar surface area (TPSA) is 13.1 Å². The molecular formula is C44H28O. The van der Waals surface area contributed by atoms with Crippen LogP contribution in [0.25, 0.3) is 88.0 Å². The van der Waals surface area contributed by atoms with Crippen LogP contribution in [-0.4, -0.2) is 0 Å². The van der Waals surface area contributed by atoms with Crippen molar-refractivity contribution >= 4 is 43.5 Å². The van der Waals surface area contributed by atoms with Crippen molar-refractivity contribution in [3.63, 3.8) is 0 Å². The van der Waals surface area contributed by atoms with Crippen LogP contribution in [0.2, 0.25) is 0 Å². The predicted octanol–water partition coefficient (Wildman–Crippen LogP) is 12.6. The molecule has 0 saturated heterocycles. The van der Waals surface area contributed by atoms with E-state index in [1.807, 2.05) is 60.7 Å². The smallest absolute Gasteiger partial charge is 0.136 e. The van der Waals surface area contributed by atoms with Crippen molar-refractivity contribution < 1.29 is 18.1 Å². The van der Waals surface area contributed by atoms with Gasteiger partial charge >= 0.3 is 0 Å². The maximum atomic E-state index is 8.60. The number of furan rings is 1. The average molecular weight is 583 g/mol. The van der Waals surface area contributed by atoms with Crippen molar-refractivity contribution in [2.75, 3.05) is 0 Å². The standard InChI is InChI=1S/C44H28O/c1-3-12-29(13-4-1)31-16-11-17-33(26-31)43-37-18-7-9-20-39(37)44(40-21-10-8-19-38(40)43)34-23-25-36-35-24-22-32(30-14-5-2-6-15-30)27-41(35)45-42(36)28-34/h1-28H/i1D,2D,3D,4D,5D,6D,12D,13D,14D,15D. The second-order valence-electron chi connectivity index (χ2n) is 10.9. The third-order valence-corrected chi connectivity index (χ3v) is 8.42. The van der Waals surface area contributed by atoms with Crippen LogP contribution in [-0.2, 0) is 0 Å². The first kappa shape index (κ1) is 17.4. The Balaban J connectivity index is 1.23. The molecule has 0 N–H and O–H groups in total. The molecule has 0 atom stereocenters. The number of benzene rings is 8. The Morgan fingerprint density at radius 1 is 0.333 bits per heavy atom. The lowest BCUT2D eigenvalue weighted by Gasteiger charge is -2.18. The largest absolute Gasteiger partial charge is 0.456 e. The minimum Gasteiger partial charge on any atom is -0.456 e. The molecule has 45 heavy (non-hydrogen) atoms. The van der Waals surface area contributed by atoms with Gasteiger partial charge in [-0.1, -0.05) is 139 Å². The molecule has 210 valence electrons. The van der Waals surface area contributed by atoms with Crippen molar-refractivity contribution in [3.8, 4) is 44.5 Å². The summed E-state index contributed by atoms with van der Waals surface area (Å²) >= 11 is 0. The third kappa shape index (κ3) is 4.24. The number of fused-ring (bicyclic) bond motifs is 5. The Kier molecular flexibility index (Phi) is 4.01. The fourth-order valence-corrected chi connectivity index (χ4v) is 6.46. The zero-order chi connectivity index (χ0) is 38.4. The zero-order valence-electron chi connectivity index (χ0n) is 33.8. The first-order valence-corrected chi connectivity index (χ1v) is 14.6. The molecule has 0 amide bonds. The van der Waals surface area contributed by atoms with E-state index in [1.54, 1.807) is 18.2 Å². The first-order chi connectivity index (χ1) is 26.5. The molecule has 9 aromatic rings. The van der Waals surface area contributed by atoms with E-state index >= 15 is 0 Å². The fraction of sp³-hybridized carbons (Fsp3) is 0. The molecular weight excluding hydrogens is 544 g/mol. The van der Waals surface area contributed by atoms with E-state index in [4.69, 9.17) is 18.1 Å². The Bertz CT molecular complexity index is 3000. The van der Waals surface area contributed by atoms with Gasteiger partial charge in [-0.05, 0) is 96.4 Å². The molecule has 9 rings (SSSR count). The molecule has 0 saturated carbocycles. The second-order valence-corrected chi connectivity index (χ2v) is 10.9. The van der Waals surface area contributed by atoms with Gasteiger partial charge in [0.05, 0.1) is 13.7 Å². The van der Waals surface area contributed by atoms with Crippen LogP contribution in [0.1, 0.15) is 13.7 Å². The summed E-state index contributed by atoms with van der Waals surface area (Å²) in [6, 6.07) is 31.7. The minimum absolute atomic E-state index is 0.117. The fourth-order valence-electron chi connectivity index (χ4n) is 6.46. The molecule has 0 aliphatic heterocycles. The van der Waals surface area contributed by atoms with Gasteiger partial charge in [0, 0.05) is 10.8 Å². The Hall–Kier alpha value is -5.92. The van der Waals surface area contributed by atoms with Crippen LogP contribution < -0.4 is 0 Å². The third-order valence-electron chi connectivity index (χ3n) is 8.42. The summed E-state index contributed by atoms with van der Waals surface area (Å²) in [5.74, 6) is 0. The Labute approximate surface area is 275 Å². The maximum absolute atomic E-state index is 8.60. The lowest BCUT2D eigenvalue weighted by atomic mass is 9.85. The quantitative estimate of drug-likeness (QED) is 0.188. The van der Waals surface area contributed by atoms with Crippen LogP contribution in [0.4, 0.5) is 0 Å². The van der Waals surface area contributed by atoms with Crippen molar-refractivity contribution in [2.24, 2.45) is 0 Å². The summed E-state index contributed by atoms with van der Waals surface area (Å²) in [6.45, 7) is 0. The zero-order valence-corrected chi connectivity index (χ0v) is 23.8. The maximum Gasteiger partial charge on any atom is 0.136 e. The molecule has 0 spiro atoms. The summed E-state index contributed by atoms with van der Waals surface area (Å²) in [4.78, 5) is 0. The Morgan fingerprint density at radius 2 is 0.756 bits per heavy atom. The van der Waals surface area contributed by atoms with Crippen LogP contribution in [0, 0.1) is 0 Å². The molecule has 1 heteroatoms. The highest BCUT2D eigenvalue weighted by Gasteiger charge is 2.18. The van der Waals surface area contributed by atoms with E-state index in [1.165, 1.54) is 0 Å². The van der Waals surface area contributed by atoms with Crippen molar-refractivity contribution in [1.29, 1.82) is 0 Å². The van der Waals surface area contributed by atoms with Crippen molar-refractivity contribution in [1.82, 2.24) is 0 Å². The highest BCUT2D eigenvalue weighted by atomic mass is 16.3. The molecule has 0 aliphatic rings. The van der Waals surface area contributed by atoms with Crippen molar-refractivity contribution in [3.05, 3.63) is 170 Å². The lowest BCUT2D eigenvalue weighted by Crippen LogP contribution is -1.91. The molecule has 0 fully saturated rings. The van der Waals surface area contributed by atoms with E-state index in [-0.39, 0.29) is 47.4 Å². The van der Waals surface area contributed by atoms with Gasteiger partial charge < -0.3 is 4.42 Å². The van der Waals surface area contributed by atoms with Gasteiger partial charge in [-0.25, -0.2) is 0 Å². The molecule has 1 nitrogen and oxygen atoms in total. The number of hydrogen-bond donors (Lipinski definition) is 0. The minimum atomic E-state index is -0.439. The van der Waals surface area contributed by atoms with Crippen LogP contribution in [0.3, 0.4) is 0 Å². The summed E-state index contributed by atoms with van der Waals surface area (Å²) in [7, 11) is 0. The van der Waals surface area contributed by atoms with Crippen LogP contribution in [0.15, 0.2) is 174 Å². The predicted molar refractivity (Wildman–Crippen MR) is 190 cm³/mol. The molecule has 1 aromatic heterocycles. The average Bonchev–Trinajstić information content (AvgIpc) is 3.57. The van der Waals surface area contributed by atoms with Gasteiger partial charge in [0.2, 0.25) is 0 Å². The molecule has 0 unspecified atom stereocenters. The van der Waals surface area contributed by atoms with Crippen LogP contribution >= 0.6 is 0 Å². The van der Waals surface area contributed by atoms with Gasteiger partial charge in [0.1, 0.15) is 11.2 Å². The highest BCUT2D eigenvalue weighted by Crippen LogP contribution is 2.45. The monoisotopic (exact) mass is 582 g/mol. The SMILES string of the molecule is [2H]c1c([2H])c([2H])c(-c2cccc(-c3c4ccccc4c(-c4ccc5c(c4)oc4cc(-c6c([2H])c([2H])c([2H])c([2H])c6[2H])ccc45)c4ccccc34)c2)c([2H])c1[2H]. The Morgan fingerprint density at radius 3 is 1.29 bits per heavy atom. The normalized spacial score (nSPS) is 14.7. The van der Waals surface area contributed by atoms with Gasteiger partial charge in [-0.15, -0.1) is 0 Å². The molecule has 8 aromatic carbocycles. The lowest BCUT2D eigenvalue weighted by molar-refractivity contribution is 0.669. The van der Waals surface area contributed by atoms with Gasteiger partial charge in [0.15, 0.2) is 0 Å². The van der Waals surface area contributed by atoms with Gasteiger partial charge in [-0.3, -0.25) is 0 Å². The van der Waals surface area contributed by atoms with E-state index < -0.39 is 24.2 Å². The number of rotatable bonds is 4. The second kappa shape index (κ2) is 10.4. The number of hydrogen-bond acceptors (Lipinski definition) is 1. The molecule has 0 bridgehead atoms.